The minimum atomic E-state index is -3.59. The van der Waals surface area contributed by atoms with Crippen molar-refractivity contribution in [2.24, 2.45) is 16.2 Å². The number of piperidine rings is 1. The predicted octanol–water partition coefficient (Wildman–Crippen LogP) is -0.638. The highest BCUT2D eigenvalue weighted by Gasteiger charge is 2.28. The van der Waals surface area contributed by atoms with Crippen LogP contribution in [0.15, 0.2) is 5.16 Å². The van der Waals surface area contributed by atoms with Crippen molar-refractivity contribution < 1.29 is 13.6 Å². The highest BCUT2D eigenvalue weighted by molar-refractivity contribution is 7.86. The van der Waals surface area contributed by atoms with Crippen LogP contribution in [0, 0.1) is 5.92 Å². The van der Waals surface area contributed by atoms with Crippen molar-refractivity contribution in [3.8, 4) is 0 Å². The molecule has 0 amide bonds. The number of hydrogen-bond acceptors (Lipinski definition) is 4. The smallest absolute Gasteiger partial charge is 0.276 e. The van der Waals surface area contributed by atoms with Gasteiger partial charge in [0.1, 0.15) is 0 Å². The SMILES string of the molecule is CC1CN(S(N)(=O)=O)CC/C1=N\O. The Balaban J connectivity index is 2.72. The van der Waals surface area contributed by atoms with Crippen LogP contribution in [0.1, 0.15) is 13.3 Å². The molecule has 0 radical (unpaired) electrons. The van der Waals surface area contributed by atoms with Crippen molar-refractivity contribution in [3.63, 3.8) is 0 Å². The van der Waals surface area contributed by atoms with Gasteiger partial charge >= 0.3 is 0 Å². The molecule has 0 aromatic carbocycles. The lowest BCUT2D eigenvalue weighted by Crippen LogP contribution is -2.46. The fourth-order valence-electron chi connectivity index (χ4n) is 1.37. The molecular weight excluding hydrogens is 194 g/mol. The van der Waals surface area contributed by atoms with Crippen LogP contribution in [0.3, 0.4) is 0 Å². The van der Waals surface area contributed by atoms with Crippen molar-refractivity contribution in [3.05, 3.63) is 0 Å². The molecule has 1 atom stereocenters. The molecule has 0 aromatic heterocycles. The van der Waals surface area contributed by atoms with Gasteiger partial charge in [-0.05, 0) is 0 Å². The Kier molecular flexibility index (Phi) is 2.89. The maximum atomic E-state index is 10.9. The topological polar surface area (TPSA) is 96.0 Å². The van der Waals surface area contributed by atoms with Gasteiger partial charge in [-0.15, -0.1) is 0 Å². The fraction of sp³-hybridized carbons (Fsp3) is 0.833. The van der Waals surface area contributed by atoms with Crippen LogP contribution < -0.4 is 5.14 Å². The van der Waals surface area contributed by atoms with E-state index in [9.17, 15) is 8.42 Å². The van der Waals surface area contributed by atoms with Gasteiger partial charge in [0.25, 0.3) is 10.2 Å². The molecule has 0 bridgehead atoms. The van der Waals surface area contributed by atoms with E-state index in [1.165, 1.54) is 4.31 Å². The molecular formula is C6H13N3O3S. The second-order valence-electron chi connectivity index (χ2n) is 3.15. The summed E-state index contributed by atoms with van der Waals surface area (Å²) < 4.78 is 23.0. The van der Waals surface area contributed by atoms with Crippen LogP contribution >= 0.6 is 0 Å². The summed E-state index contributed by atoms with van der Waals surface area (Å²) in [5.74, 6) is -0.0722. The molecule has 0 spiro atoms. The first-order chi connectivity index (χ1) is 5.95. The van der Waals surface area contributed by atoms with E-state index in [2.05, 4.69) is 5.16 Å². The van der Waals surface area contributed by atoms with Crippen LogP contribution in [0.25, 0.3) is 0 Å². The zero-order valence-corrected chi connectivity index (χ0v) is 8.16. The average Bonchev–Trinajstić information content (AvgIpc) is 2.02. The van der Waals surface area contributed by atoms with Crippen molar-refractivity contribution in [1.29, 1.82) is 0 Å². The summed E-state index contributed by atoms with van der Waals surface area (Å²) in [6.07, 6.45) is 0.439. The van der Waals surface area contributed by atoms with Crippen molar-refractivity contribution in [2.45, 2.75) is 13.3 Å². The Morgan fingerprint density at radius 2 is 2.31 bits per heavy atom. The van der Waals surface area contributed by atoms with E-state index in [1.54, 1.807) is 6.92 Å². The number of rotatable bonds is 1. The molecule has 0 aliphatic carbocycles. The van der Waals surface area contributed by atoms with Crippen LogP contribution in [0.4, 0.5) is 0 Å². The number of nitrogens with zero attached hydrogens (tertiary/aromatic N) is 2. The predicted molar refractivity (Wildman–Crippen MR) is 47.7 cm³/mol. The lowest BCUT2D eigenvalue weighted by atomic mass is 10.00. The Morgan fingerprint density at radius 1 is 1.69 bits per heavy atom. The quantitative estimate of drug-likeness (QED) is 0.442. The molecule has 0 saturated carbocycles. The van der Waals surface area contributed by atoms with Crippen molar-refractivity contribution in [2.75, 3.05) is 13.1 Å². The van der Waals surface area contributed by atoms with Crippen molar-refractivity contribution in [1.82, 2.24) is 4.31 Å². The highest BCUT2D eigenvalue weighted by Crippen LogP contribution is 2.14. The highest BCUT2D eigenvalue weighted by atomic mass is 32.2. The second kappa shape index (κ2) is 3.60. The maximum absolute atomic E-state index is 10.9. The van der Waals surface area contributed by atoms with Gasteiger partial charge in [-0.3, -0.25) is 0 Å². The third kappa shape index (κ3) is 2.39. The first-order valence-electron chi connectivity index (χ1n) is 3.94. The summed E-state index contributed by atoms with van der Waals surface area (Å²) in [7, 11) is -3.59. The normalized spacial score (nSPS) is 29.4. The van der Waals surface area contributed by atoms with E-state index in [0.29, 0.717) is 18.7 Å². The zero-order valence-electron chi connectivity index (χ0n) is 7.34. The van der Waals surface area contributed by atoms with Gasteiger partial charge in [-0.2, -0.15) is 12.7 Å². The van der Waals surface area contributed by atoms with Gasteiger partial charge < -0.3 is 5.21 Å². The molecule has 1 aliphatic rings. The first-order valence-corrected chi connectivity index (χ1v) is 5.44. The van der Waals surface area contributed by atoms with E-state index in [-0.39, 0.29) is 12.5 Å². The van der Waals surface area contributed by atoms with Crippen molar-refractivity contribution >= 4 is 15.9 Å². The molecule has 7 heteroatoms. The Labute approximate surface area is 77.2 Å². The van der Waals surface area contributed by atoms with Crippen LogP contribution in [-0.2, 0) is 10.2 Å². The summed E-state index contributed by atoms with van der Waals surface area (Å²) in [4.78, 5) is 0. The zero-order chi connectivity index (χ0) is 10.1. The molecule has 1 unspecified atom stereocenters. The standard InChI is InChI=1S/C6H13N3O3S/c1-5-4-9(13(7,11)12)3-2-6(5)8-10/h5,10H,2-4H2,1H3,(H2,7,11,12)/b8-6+. The molecule has 3 N–H and O–H groups in total. The second-order valence-corrected chi connectivity index (χ2v) is 4.69. The van der Waals surface area contributed by atoms with Gasteiger partial charge in [-0.25, -0.2) is 5.14 Å². The summed E-state index contributed by atoms with van der Waals surface area (Å²) in [6.45, 7) is 2.38. The summed E-state index contributed by atoms with van der Waals surface area (Å²) in [5.41, 5.74) is 0.625. The average molecular weight is 207 g/mol. The van der Waals surface area contributed by atoms with Crippen LogP contribution in [-0.4, -0.2) is 36.7 Å². The van der Waals surface area contributed by atoms with Gasteiger partial charge in [0, 0.05) is 25.4 Å². The van der Waals surface area contributed by atoms with Crippen LogP contribution in [0.5, 0.6) is 0 Å². The molecule has 1 heterocycles. The molecule has 1 fully saturated rings. The van der Waals surface area contributed by atoms with Gasteiger partial charge in [0.05, 0.1) is 5.71 Å². The Bertz CT molecular complexity index is 311. The van der Waals surface area contributed by atoms with E-state index in [1.807, 2.05) is 0 Å². The molecule has 1 aliphatic heterocycles. The molecule has 0 aromatic rings. The molecule has 6 nitrogen and oxygen atoms in total. The van der Waals surface area contributed by atoms with E-state index < -0.39 is 10.2 Å². The third-order valence-corrected chi connectivity index (χ3v) is 3.20. The monoisotopic (exact) mass is 207 g/mol. The van der Waals surface area contributed by atoms with Gasteiger partial charge in [0.2, 0.25) is 0 Å². The minimum absolute atomic E-state index is 0.0722. The third-order valence-electron chi connectivity index (χ3n) is 2.15. The van der Waals surface area contributed by atoms with Gasteiger partial charge in [0.15, 0.2) is 0 Å². The lowest BCUT2D eigenvalue weighted by Gasteiger charge is -2.28. The number of oxime groups is 1. The summed E-state index contributed by atoms with van der Waals surface area (Å²) in [6, 6.07) is 0. The first kappa shape index (κ1) is 10.4. The van der Waals surface area contributed by atoms with Crippen LogP contribution in [0.2, 0.25) is 0 Å². The van der Waals surface area contributed by atoms with E-state index in [0.717, 1.165) is 0 Å². The number of hydrogen-bond donors (Lipinski definition) is 2. The van der Waals surface area contributed by atoms with E-state index >= 15 is 0 Å². The summed E-state index contributed by atoms with van der Waals surface area (Å²) >= 11 is 0. The number of nitrogens with two attached hydrogens (primary N) is 1. The largest absolute Gasteiger partial charge is 0.411 e. The Morgan fingerprint density at radius 3 is 2.69 bits per heavy atom. The van der Waals surface area contributed by atoms with Gasteiger partial charge in [-0.1, -0.05) is 12.1 Å². The molecule has 13 heavy (non-hydrogen) atoms. The molecule has 76 valence electrons. The minimum Gasteiger partial charge on any atom is -0.411 e. The van der Waals surface area contributed by atoms with E-state index in [4.69, 9.17) is 10.3 Å². The fourth-order valence-corrected chi connectivity index (χ4v) is 2.14. The lowest BCUT2D eigenvalue weighted by molar-refractivity contribution is 0.300. The Hall–Kier alpha value is -0.660. The summed E-state index contributed by atoms with van der Waals surface area (Å²) in [5, 5.41) is 16.6. The molecule has 1 saturated heterocycles. The maximum Gasteiger partial charge on any atom is 0.276 e. The molecule has 1 rings (SSSR count).